The molecule has 2 atom stereocenters. The fourth-order valence-corrected chi connectivity index (χ4v) is 1.00. The largest absolute Gasteiger partial charge is 0.477 e. The van der Waals surface area contributed by atoms with E-state index in [1.54, 1.807) is 0 Å². The van der Waals surface area contributed by atoms with Gasteiger partial charge in [-0.3, -0.25) is 0 Å². The summed E-state index contributed by atoms with van der Waals surface area (Å²) in [4.78, 5) is 10.4. The van der Waals surface area contributed by atoms with Crippen LogP contribution in [0.15, 0.2) is 0 Å². The van der Waals surface area contributed by atoms with Gasteiger partial charge in [-0.1, -0.05) is 0 Å². The molecule has 0 bridgehead atoms. The van der Waals surface area contributed by atoms with Gasteiger partial charge in [-0.05, 0) is 12.8 Å². The monoisotopic (exact) mass is 162 g/mol. The Bertz CT molecular complexity index is 168. The number of carbonyl (C=O) groups is 1. The molecule has 0 radical (unpaired) electrons. The number of aliphatic hydroxyl groups is 2. The van der Waals surface area contributed by atoms with Crippen LogP contribution in [0.1, 0.15) is 12.8 Å². The molecular weight excluding hydrogens is 152 g/mol. The van der Waals surface area contributed by atoms with Crippen molar-refractivity contribution >= 4 is 5.97 Å². The van der Waals surface area contributed by atoms with Crippen LogP contribution in [0.4, 0.5) is 0 Å². The number of carboxylic acid groups (broad SMARTS) is 1. The lowest BCUT2D eigenvalue weighted by atomic mass is 10.0. The van der Waals surface area contributed by atoms with Crippen molar-refractivity contribution in [2.45, 2.75) is 24.7 Å². The van der Waals surface area contributed by atoms with E-state index >= 15 is 0 Å². The van der Waals surface area contributed by atoms with E-state index in [1.807, 2.05) is 0 Å². The SMILES string of the molecule is O=C(O)C1(O)OCCCC1O. The van der Waals surface area contributed by atoms with Crippen LogP contribution in [-0.4, -0.2) is 39.8 Å². The van der Waals surface area contributed by atoms with E-state index in [9.17, 15) is 4.79 Å². The topological polar surface area (TPSA) is 87.0 Å². The minimum Gasteiger partial charge on any atom is -0.477 e. The Kier molecular flexibility index (Phi) is 2.12. The van der Waals surface area contributed by atoms with Crippen LogP contribution in [0.25, 0.3) is 0 Å². The Morgan fingerprint density at radius 2 is 2.27 bits per heavy atom. The number of hydrogen-bond acceptors (Lipinski definition) is 4. The molecule has 1 heterocycles. The molecule has 0 saturated carbocycles. The van der Waals surface area contributed by atoms with Crippen molar-refractivity contribution in [3.05, 3.63) is 0 Å². The fourth-order valence-electron chi connectivity index (χ4n) is 1.00. The van der Waals surface area contributed by atoms with Crippen LogP contribution in [0, 0.1) is 0 Å². The van der Waals surface area contributed by atoms with E-state index in [2.05, 4.69) is 4.74 Å². The number of aliphatic hydroxyl groups excluding tert-OH is 1. The number of rotatable bonds is 1. The smallest absolute Gasteiger partial charge is 0.367 e. The van der Waals surface area contributed by atoms with Gasteiger partial charge in [0.25, 0.3) is 5.79 Å². The molecule has 0 aromatic carbocycles. The standard InChI is InChI=1S/C6H10O5/c7-4-2-1-3-11-6(4,10)5(8)9/h4,7,10H,1-3H2,(H,8,9). The van der Waals surface area contributed by atoms with Crippen molar-refractivity contribution in [3.8, 4) is 0 Å². The van der Waals surface area contributed by atoms with Gasteiger partial charge < -0.3 is 20.1 Å². The molecule has 5 nitrogen and oxygen atoms in total. The number of carboxylic acids is 1. The summed E-state index contributed by atoms with van der Waals surface area (Å²) in [5.41, 5.74) is 0. The van der Waals surface area contributed by atoms with Gasteiger partial charge in [-0.2, -0.15) is 0 Å². The molecule has 2 unspecified atom stereocenters. The van der Waals surface area contributed by atoms with Gasteiger partial charge in [-0.25, -0.2) is 4.79 Å². The highest BCUT2D eigenvalue weighted by Gasteiger charge is 2.46. The Morgan fingerprint density at radius 1 is 1.64 bits per heavy atom. The zero-order chi connectivity index (χ0) is 8.48. The zero-order valence-corrected chi connectivity index (χ0v) is 5.86. The van der Waals surface area contributed by atoms with Gasteiger partial charge in [0, 0.05) is 0 Å². The van der Waals surface area contributed by atoms with Crippen molar-refractivity contribution in [2.24, 2.45) is 0 Å². The summed E-state index contributed by atoms with van der Waals surface area (Å²) in [6.45, 7) is 0.167. The Morgan fingerprint density at radius 3 is 2.64 bits per heavy atom. The molecule has 1 rings (SSSR count). The van der Waals surface area contributed by atoms with Gasteiger partial charge in [0.1, 0.15) is 6.10 Å². The van der Waals surface area contributed by atoms with Crippen molar-refractivity contribution in [3.63, 3.8) is 0 Å². The van der Waals surface area contributed by atoms with Crippen molar-refractivity contribution in [1.29, 1.82) is 0 Å². The molecule has 0 aromatic heterocycles. The number of aliphatic carboxylic acids is 1. The predicted molar refractivity (Wildman–Crippen MR) is 33.8 cm³/mol. The van der Waals surface area contributed by atoms with Crippen molar-refractivity contribution < 1.29 is 24.9 Å². The van der Waals surface area contributed by atoms with E-state index in [0.29, 0.717) is 6.42 Å². The van der Waals surface area contributed by atoms with Gasteiger partial charge in [0.2, 0.25) is 0 Å². The van der Waals surface area contributed by atoms with Gasteiger partial charge in [-0.15, -0.1) is 0 Å². The normalized spacial score (nSPS) is 38.5. The minimum atomic E-state index is -2.39. The average molecular weight is 162 g/mol. The molecule has 11 heavy (non-hydrogen) atoms. The predicted octanol–water partition coefficient (Wildman–Crippen LogP) is -1.07. The minimum absolute atomic E-state index is 0.167. The first-order valence-electron chi connectivity index (χ1n) is 3.35. The maximum absolute atomic E-state index is 10.4. The molecule has 3 N–H and O–H groups in total. The van der Waals surface area contributed by atoms with E-state index < -0.39 is 17.9 Å². The Balaban J connectivity index is 2.72. The molecule has 0 aliphatic carbocycles. The van der Waals surface area contributed by atoms with E-state index in [1.165, 1.54) is 0 Å². The van der Waals surface area contributed by atoms with Gasteiger partial charge >= 0.3 is 5.97 Å². The van der Waals surface area contributed by atoms with Crippen LogP contribution in [0.3, 0.4) is 0 Å². The molecule has 1 aliphatic heterocycles. The maximum atomic E-state index is 10.4. The van der Waals surface area contributed by atoms with Crippen LogP contribution >= 0.6 is 0 Å². The summed E-state index contributed by atoms with van der Waals surface area (Å²) in [6, 6.07) is 0. The third-order valence-electron chi connectivity index (χ3n) is 1.70. The zero-order valence-electron chi connectivity index (χ0n) is 5.86. The van der Waals surface area contributed by atoms with Crippen molar-refractivity contribution in [2.75, 3.05) is 6.61 Å². The lowest BCUT2D eigenvalue weighted by Crippen LogP contribution is -2.54. The molecule has 0 spiro atoms. The molecule has 1 aliphatic rings. The third-order valence-corrected chi connectivity index (χ3v) is 1.70. The summed E-state index contributed by atoms with van der Waals surface area (Å²) >= 11 is 0. The van der Waals surface area contributed by atoms with Crippen LogP contribution in [0.5, 0.6) is 0 Å². The molecular formula is C6H10O5. The summed E-state index contributed by atoms with van der Waals surface area (Å²) in [5.74, 6) is -3.93. The van der Waals surface area contributed by atoms with E-state index in [-0.39, 0.29) is 13.0 Å². The highest BCUT2D eigenvalue weighted by Crippen LogP contribution is 2.22. The quantitative estimate of drug-likeness (QED) is 0.457. The Hall–Kier alpha value is -0.650. The number of hydrogen-bond donors (Lipinski definition) is 3. The molecule has 0 aromatic rings. The molecule has 1 saturated heterocycles. The van der Waals surface area contributed by atoms with Gasteiger partial charge in [0.05, 0.1) is 6.61 Å². The highest BCUT2D eigenvalue weighted by atomic mass is 16.7. The summed E-state index contributed by atoms with van der Waals surface area (Å²) in [7, 11) is 0. The summed E-state index contributed by atoms with van der Waals surface area (Å²) < 4.78 is 4.55. The maximum Gasteiger partial charge on any atom is 0.367 e. The second-order valence-electron chi connectivity index (χ2n) is 2.51. The number of ether oxygens (including phenoxy) is 1. The van der Waals surface area contributed by atoms with Crippen LogP contribution < -0.4 is 0 Å². The lowest BCUT2D eigenvalue weighted by molar-refractivity contribution is -0.272. The summed E-state index contributed by atoms with van der Waals surface area (Å²) in [6.07, 6.45) is -0.506. The van der Waals surface area contributed by atoms with Crippen LogP contribution in [-0.2, 0) is 9.53 Å². The lowest BCUT2D eigenvalue weighted by Gasteiger charge is -2.32. The first-order valence-corrected chi connectivity index (χ1v) is 3.35. The summed E-state index contributed by atoms with van der Waals surface area (Å²) in [5, 5.41) is 26.6. The van der Waals surface area contributed by atoms with E-state index in [4.69, 9.17) is 15.3 Å². The second kappa shape index (κ2) is 2.77. The van der Waals surface area contributed by atoms with E-state index in [0.717, 1.165) is 0 Å². The van der Waals surface area contributed by atoms with Gasteiger partial charge in [0.15, 0.2) is 0 Å². The third kappa shape index (κ3) is 1.35. The molecule has 64 valence electrons. The molecule has 5 heteroatoms. The van der Waals surface area contributed by atoms with Crippen LogP contribution in [0.2, 0.25) is 0 Å². The molecule has 0 amide bonds. The first kappa shape index (κ1) is 8.45. The first-order chi connectivity index (χ1) is 5.07. The Labute approximate surface area is 63.2 Å². The van der Waals surface area contributed by atoms with Crippen molar-refractivity contribution in [1.82, 2.24) is 0 Å². The average Bonchev–Trinajstić information content (AvgIpc) is 1.95. The second-order valence-corrected chi connectivity index (χ2v) is 2.51. The fraction of sp³-hybridized carbons (Fsp3) is 0.833. The highest BCUT2D eigenvalue weighted by molar-refractivity contribution is 5.76. The molecule has 1 fully saturated rings.